The predicted octanol–water partition coefficient (Wildman–Crippen LogP) is -0.341. The van der Waals surface area contributed by atoms with Gasteiger partial charge in [0.05, 0.1) is 0 Å². The number of unbranched alkanes of at least 4 members (excludes halogenated alkanes) is 1. The van der Waals surface area contributed by atoms with E-state index in [4.69, 9.17) is 0 Å². The zero-order chi connectivity index (χ0) is 24.0. The summed E-state index contributed by atoms with van der Waals surface area (Å²) in [5.74, 6) is -0.710. The van der Waals surface area contributed by atoms with Crippen LogP contribution in [-0.2, 0) is 26.0 Å². The van der Waals surface area contributed by atoms with Crippen molar-refractivity contribution in [3.05, 3.63) is 80.7 Å². The number of benzene rings is 2. The molecule has 0 heterocycles. The maximum Gasteiger partial charge on any atom is -1.00 e. The van der Waals surface area contributed by atoms with Crippen molar-refractivity contribution in [1.82, 2.24) is 3.26 Å². The van der Waals surface area contributed by atoms with Crippen molar-refractivity contribution in [2.24, 2.45) is 11.8 Å². The first kappa shape index (κ1) is 32.1. The van der Waals surface area contributed by atoms with E-state index in [9.17, 15) is 4.79 Å². The van der Waals surface area contributed by atoms with E-state index in [1.807, 2.05) is 0 Å². The molecule has 1 N–H and O–H groups in total. The van der Waals surface area contributed by atoms with Gasteiger partial charge in [-0.25, -0.2) is 0 Å². The molecular weight excluding hydrogens is 569 g/mol. The first-order chi connectivity index (χ1) is 15.9. The van der Waals surface area contributed by atoms with Crippen molar-refractivity contribution in [2.45, 2.75) is 67.2 Å². The third-order valence-corrected chi connectivity index (χ3v) is 26.7. The molecule has 1 aliphatic rings. The first-order valence-electron chi connectivity index (χ1n) is 12.6. The van der Waals surface area contributed by atoms with Gasteiger partial charge in [-0.1, -0.05) is 0 Å². The fourth-order valence-electron chi connectivity index (χ4n) is 5.12. The molecule has 3 rings (SSSR count). The summed E-state index contributed by atoms with van der Waals surface area (Å²) in [4.78, 5) is 13.7. The minimum Gasteiger partial charge on any atom is -1.00 e. The number of hydrogen-bond acceptors (Lipinski definition) is 1. The van der Waals surface area contributed by atoms with Crippen LogP contribution in [0.15, 0.2) is 80.7 Å². The molecule has 2 nitrogen and oxygen atoms in total. The molecule has 0 radical (unpaired) electrons. The van der Waals surface area contributed by atoms with E-state index < -0.39 is 27.1 Å². The molecule has 0 saturated heterocycles. The van der Waals surface area contributed by atoms with Gasteiger partial charge in [0.25, 0.3) is 0 Å². The molecule has 0 bridgehead atoms. The second-order valence-corrected chi connectivity index (χ2v) is 23.3. The predicted molar refractivity (Wildman–Crippen MR) is 141 cm³/mol. The van der Waals surface area contributed by atoms with Gasteiger partial charge in [0.1, 0.15) is 0 Å². The molecule has 0 aromatic heterocycles. The summed E-state index contributed by atoms with van der Waals surface area (Å²) in [6, 6.07) is 22.2. The Labute approximate surface area is 234 Å². The monoisotopic (exact) mass is 606 g/mol. The van der Waals surface area contributed by atoms with Gasteiger partial charge in [-0.3, -0.25) is 0 Å². The van der Waals surface area contributed by atoms with Crippen molar-refractivity contribution in [3.8, 4) is 0 Å². The Morgan fingerprint density at radius 2 is 1.43 bits per heavy atom. The van der Waals surface area contributed by atoms with Crippen LogP contribution in [0.1, 0.15) is 67.2 Å². The molecule has 0 fully saturated rings. The Balaban J connectivity index is 0.00000306. The average molecular weight is 609 g/mol. The van der Waals surface area contributed by atoms with Crippen molar-refractivity contribution in [2.75, 3.05) is 0 Å². The van der Waals surface area contributed by atoms with E-state index in [0.29, 0.717) is 11.8 Å². The van der Waals surface area contributed by atoms with E-state index in [1.54, 1.807) is 3.28 Å². The summed E-state index contributed by atoms with van der Waals surface area (Å²) in [5, 5.41) is 2.93. The van der Waals surface area contributed by atoms with E-state index in [0.717, 1.165) is 25.7 Å². The van der Waals surface area contributed by atoms with Crippen molar-refractivity contribution in [1.29, 1.82) is 0 Å². The second-order valence-electron chi connectivity index (χ2n) is 9.47. The fourth-order valence-corrected chi connectivity index (χ4v) is 27.2. The van der Waals surface area contributed by atoms with Gasteiger partial charge in [0, 0.05) is 0 Å². The molecule has 0 spiro atoms. The molecule has 189 valence electrons. The Morgan fingerprint density at radius 3 is 1.83 bits per heavy atom. The normalized spacial score (nSPS) is 16.0. The summed E-state index contributed by atoms with van der Waals surface area (Å²) < 4.78 is 5.47. The summed E-state index contributed by atoms with van der Waals surface area (Å²) in [6.45, 7) is 13.6. The molecule has 1 amide bonds. The summed E-state index contributed by atoms with van der Waals surface area (Å²) in [5.41, 5.74) is 4.39. The van der Waals surface area contributed by atoms with Crippen LogP contribution in [-0.4, -0.2) is 11.8 Å². The van der Waals surface area contributed by atoms with E-state index in [-0.39, 0.29) is 30.7 Å². The standard InChI is InChI=1S/C12H11Si.C9H13.C8H17NO.2ClH.Zr/c1-3-7-11(8-4-1)13-12-9-5-2-6-10-12;1-6-5-7(2)9(4)8(6)3;1-3-5-6-7(4-2)8(9)10;;;/h1-10,13H;6H,1-4H3;7H,3-6H2,1-2H3,(H2,9,10);2*1H;/q;;;;;+3/p-3. The summed E-state index contributed by atoms with van der Waals surface area (Å²) in [7, 11) is 0. The van der Waals surface area contributed by atoms with E-state index >= 15 is 0 Å². The minimum absolute atomic E-state index is 0. The van der Waals surface area contributed by atoms with Gasteiger partial charge < -0.3 is 24.8 Å². The largest absolute Gasteiger partial charge is 1.00 e. The van der Waals surface area contributed by atoms with Gasteiger partial charge >= 0.3 is 211 Å². The number of nitrogens with one attached hydrogen (secondary N) is 1. The maximum atomic E-state index is 13.7. The SMILES string of the molecule is CCCCC(CC)C(=O)[NH][Zr+2]([C]1=C(C)C(C)=C(C)C1C)[SiH](c1ccccc1)c1ccccc1.[Cl-].[Cl-]. The third kappa shape index (κ3) is 7.54. The zero-order valence-corrected chi connectivity index (χ0v) is 27.1. The molecule has 35 heavy (non-hydrogen) atoms. The van der Waals surface area contributed by atoms with Crippen molar-refractivity contribution in [3.63, 3.8) is 0 Å². The summed E-state index contributed by atoms with van der Waals surface area (Å²) in [6.07, 6.45) is 4.20. The minimum atomic E-state index is -2.62. The van der Waals surface area contributed by atoms with Crippen LogP contribution < -0.4 is 38.4 Å². The number of rotatable bonds is 10. The second kappa shape index (κ2) is 15.4. The number of carbonyl (C=O) groups is 1. The number of allylic oxidation sites excluding steroid dienone is 4. The number of hydrogen-bond donors (Lipinski definition) is 1. The van der Waals surface area contributed by atoms with Crippen LogP contribution in [0.5, 0.6) is 0 Å². The molecule has 2 unspecified atom stereocenters. The topological polar surface area (TPSA) is 29.1 Å². The smallest absolute Gasteiger partial charge is 1.00 e. The van der Waals surface area contributed by atoms with Gasteiger partial charge in [-0.2, -0.15) is 0 Å². The number of carbonyl (C=O) groups excluding carboxylic acids is 1. The van der Waals surface area contributed by atoms with Crippen molar-refractivity contribution < 1.29 is 50.8 Å². The van der Waals surface area contributed by atoms with Crippen LogP contribution in [0, 0.1) is 11.8 Å². The Kier molecular flexibility index (Phi) is 14.1. The number of halogens is 2. The van der Waals surface area contributed by atoms with Crippen LogP contribution in [0.2, 0.25) is 0 Å². The zero-order valence-electron chi connectivity index (χ0n) is 22.0. The molecule has 2 aromatic rings. The van der Waals surface area contributed by atoms with Crippen LogP contribution in [0.25, 0.3) is 0 Å². The molecule has 6 heteroatoms. The first-order valence-corrected chi connectivity index (χ1v) is 21.0. The Morgan fingerprint density at radius 1 is 0.914 bits per heavy atom. The third-order valence-electron chi connectivity index (χ3n) is 7.51. The van der Waals surface area contributed by atoms with E-state index in [2.05, 4.69) is 105 Å². The summed E-state index contributed by atoms with van der Waals surface area (Å²) >= 11 is -2.62. The molecule has 2 aromatic carbocycles. The van der Waals surface area contributed by atoms with Crippen LogP contribution >= 0.6 is 0 Å². The molecule has 0 aliphatic heterocycles. The van der Waals surface area contributed by atoms with Crippen molar-refractivity contribution >= 4 is 22.2 Å². The maximum absolute atomic E-state index is 13.7. The molecule has 0 saturated carbocycles. The van der Waals surface area contributed by atoms with E-state index in [1.165, 1.54) is 27.1 Å². The van der Waals surface area contributed by atoms with Gasteiger partial charge in [-0.05, 0) is 0 Å². The number of amides is 1. The van der Waals surface area contributed by atoms with Gasteiger partial charge in [0.15, 0.2) is 0 Å². The van der Waals surface area contributed by atoms with Gasteiger partial charge in [0.2, 0.25) is 0 Å². The Bertz CT molecular complexity index is 970. The average Bonchev–Trinajstić information content (AvgIpc) is 3.03. The fraction of sp³-hybridized carbons (Fsp3) is 0.414. The van der Waals surface area contributed by atoms with Gasteiger partial charge in [-0.15, -0.1) is 0 Å². The molecular formula is C29H40Cl2NOSiZr. The molecule has 1 aliphatic carbocycles. The van der Waals surface area contributed by atoms with Crippen LogP contribution in [0.4, 0.5) is 0 Å². The quantitative estimate of drug-likeness (QED) is 0.368. The Hall–Kier alpha value is -0.930. The molecule has 2 atom stereocenters. The van der Waals surface area contributed by atoms with Crippen LogP contribution in [0.3, 0.4) is 0 Å².